The third-order valence-electron chi connectivity index (χ3n) is 12.5. The van der Waals surface area contributed by atoms with Crippen LogP contribution in [0.15, 0.2) is 60.7 Å². The number of thioether (sulfide) groups is 2. The van der Waals surface area contributed by atoms with Gasteiger partial charge >= 0.3 is 0 Å². The van der Waals surface area contributed by atoms with Gasteiger partial charge in [-0.2, -0.15) is 0 Å². The normalized spacial score (nSPS) is 39.3. The van der Waals surface area contributed by atoms with E-state index >= 15 is 0 Å². The average Bonchev–Trinajstić information content (AvgIpc) is 2.97. The minimum absolute atomic E-state index is 0.0331. The van der Waals surface area contributed by atoms with Crippen LogP contribution in [0.1, 0.15) is 64.5 Å². The standard InChI is InChI=1S/C36H48O3S2/c1-34(2)25-15-29(34)27-20-38-22-39-21-28-30-16-26(35(30,3)4)18-32(28)41-33(40-31(27)17-25)36(37,24-13-9-6-10-14-24)19-23-11-7-5-8-12-23/h5-14,25-33,37H,15-22H2,1-4H3/t25-,26-,27+,28+,29+,30+,31+,32+,36-/m1/s1. The molecule has 6 aliphatic carbocycles. The molecule has 0 amide bonds. The summed E-state index contributed by atoms with van der Waals surface area (Å²) in [6.45, 7) is 11.8. The van der Waals surface area contributed by atoms with Gasteiger partial charge < -0.3 is 14.6 Å². The quantitative estimate of drug-likeness (QED) is 0.389. The van der Waals surface area contributed by atoms with Gasteiger partial charge in [0.25, 0.3) is 0 Å². The maximum atomic E-state index is 13.1. The van der Waals surface area contributed by atoms with Crippen molar-refractivity contribution in [3.63, 3.8) is 0 Å². The second-order valence-corrected chi connectivity index (χ2v) is 18.0. The molecule has 1 saturated heterocycles. The van der Waals surface area contributed by atoms with Crippen molar-refractivity contribution in [1.29, 1.82) is 0 Å². The largest absolute Gasteiger partial charge is 0.383 e. The van der Waals surface area contributed by atoms with Crippen LogP contribution in [0.4, 0.5) is 0 Å². The predicted octanol–water partition coefficient (Wildman–Crippen LogP) is 8.02. The van der Waals surface area contributed by atoms with Gasteiger partial charge in [0.1, 0.15) is 12.4 Å². The highest BCUT2D eigenvalue weighted by molar-refractivity contribution is 8.17. The highest BCUT2D eigenvalue weighted by Crippen LogP contribution is 2.67. The Balaban J connectivity index is 1.28. The number of ether oxygens (including phenoxy) is 2. The molecule has 6 saturated carbocycles. The maximum Gasteiger partial charge on any atom is 0.146 e. The average molecular weight is 593 g/mol. The lowest BCUT2D eigenvalue weighted by molar-refractivity contribution is -0.158. The lowest BCUT2D eigenvalue weighted by atomic mass is 9.45. The molecule has 41 heavy (non-hydrogen) atoms. The zero-order chi connectivity index (χ0) is 28.4. The van der Waals surface area contributed by atoms with E-state index in [1.165, 1.54) is 31.2 Å². The summed E-state index contributed by atoms with van der Waals surface area (Å²) in [5.74, 6) is 3.90. The van der Waals surface area contributed by atoms with Gasteiger partial charge in [0.15, 0.2) is 0 Å². The number of aliphatic hydroxyl groups is 1. The maximum absolute atomic E-state index is 13.1. The molecule has 2 aromatic rings. The zero-order valence-corrected chi connectivity index (χ0v) is 26.8. The van der Waals surface area contributed by atoms with Crippen LogP contribution in [0.3, 0.4) is 0 Å². The van der Waals surface area contributed by atoms with E-state index in [-0.39, 0.29) is 4.58 Å². The first-order chi connectivity index (χ1) is 19.7. The first-order valence-corrected chi connectivity index (χ1v) is 17.8. The summed E-state index contributed by atoms with van der Waals surface area (Å²) in [6.07, 6.45) is 5.73. The Hall–Kier alpha value is -0.980. The van der Waals surface area contributed by atoms with Crippen LogP contribution >= 0.6 is 23.5 Å². The molecule has 0 radical (unpaired) electrons. The molecule has 7 aliphatic rings. The fraction of sp³-hybridized carbons (Fsp3) is 0.667. The Morgan fingerprint density at radius 1 is 0.732 bits per heavy atom. The van der Waals surface area contributed by atoms with Crippen molar-refractivity contribution < 1.29 is 14.6 Å². The molecule has 9 atom stereocenters. The molecule has 4 bridgehead atoms. The van der Waals surface area contributed by atoms with E-state index < -0.39 is 5.60 Å². The summed E-state index contributed by atoms with van der Waals surface area (Å²) in [7, 11) is 0. The van der Waals surface area contributed by atoms with Gasteiger partial charge in [-0.25, -0.2) is 0 Å². The minimum atomic E-state index is -0.979. The van der Waals surface area contributed by atoms with Gasteiger partial charge in [0, 0.05) is 16.9 Å². The first-order valence-electron chi connectivity index (χ1n) is 16.0. The summed E-state index contributed by atoms with van der Waals surface area (Å²) in [4.78, 5) is 0. The van der Waals surface area contributed by atoms with Gasteiger partial charge in [-0.1, -0.05) is 88.4 Å². The SMILES string of the molecule is CC1(C)[C@H]2C[C@@H]3SC([C@@](O)(Cc4ccccc4)c4ccccc4)S[C@H]4C[C@H]5C[C@@H]([C@@H]4COCOC[C@H]3[C@@H]1C2)C5(C)C. The van der Waals surface area contributed by atoms with Crippen LogP contribution in [-0.4, -0.2) is 40.2 Å². The molecule has 1 N–H and O–H groups in total. The fourth-order valence-electron chi connectivity index (χ4n) is 9.51. The molecule has 1 heterocycles. The highest BCUT2D eigenvalue weighted by Gasteiger charge is 2.61. The number of benzene rings is 2. The van der Waals surface area contributed by atoms with Gasteiger partial charge in [-0.15, -0.1) is 23.5 Å². The van der Waals surface area contributed by atoms with Crippen molar-refractivity contribution in [3.05, 3.63) is 71.8 Å². The third kappa shape index (κ3) is 4.94. The molecule has 5 heteroatoms. The number of hydrogen-bond acceptors (Lipinski definition) is 5. The molecule has 9 rings (SSSR count). The van der Waals surface area contributed by atoms with E-state index in [0.717, 1.165) is 30.6 Å². The molecule has 0 spiro atoms. The lowest BCUT2D eigenvalue weighted by Crippen LogP contribution is -2.59. The molecule has 0 aromatic heterocycles. The van der Waals surface area contributed by atoms with E-state index in [1.54, 1.807) is 0 Å². The Bertz CT molecular complexity index is 1150. The summed E-state index contributed by atoms with van der Waals surface area (Å²) in [5, 5.41) is 14.1. The Morgan fingerprint density at radius 2 is 1.22 bits per heavy atom. The van der Waals surface area contributed by atoms with Crippen molar-refractivity contribution in [1.82, 2.24) is 0 Å². The topological polar surface area (TPSA) is 38.7 Å². The van der Waals surface area contributed by atoms with Crippen molar-refractivity contribution >= 4 is 23.5 Å². The minimum Gasteiger partial charge on any atom is -0.383 e. The van der Waals surface area contributed by atoms with Gasteiger partial charge in [-0.05, 0) is 83.1 Å². The van der Waals surface area contributed by atoms with E-state index in [4.69, 9.17) is 9.47 Å². The van der Waals surface area contributed by atoms with Crippen LogP contribution in [-0.2, 0) is 21.5 Å². The lowest BCUT2D eigenvalue weighted by Gasteiger charge is -2.64. The van der Waals surface area contributed by atoms with Crippen LogP contribution in [0.5, 0.6) is 0 Å². The highest BCUT2D eigenvalue weighted by atomic mass is 32.2. The molecular weight excluding hydrogens is 545 g/mol. The summed E-state index contributed by atoms with van der Waals surface area (Å²) >= 11 is 4.22. The number of rotatable bonds is 4. The Morgan fingerprint density at radius 3 is 1.71 bits per heavy atom. The van der Waals surface area contributed by atoms with Crippen LogP contribution in [0.2, 0.25) is 0 Å². The second-order valence-electron chi connectivity index (χ2n) is 15.0. The van der Waals surface area contributed by atoms with Crippen molar-refractivity contribution in [2.45, 2.75) is 80.5 Å². The molecule has 2 aromatic carbocycles. The summed E-state index contributed by atoms with van der Waals surface area (Å²) in [5.41, 5.74) is 2.03. The predicted molar refractivity (Wildman–Crippen MR) is 171 cm³/mol. The molecule has 222 valence electrons. The smallest absolute Gasteiger partial charge is 0.146 e. The summed E-state index contributed by atoms with van der Waals surface area (Å²) < 4.78 is 12.7. The Kier molecular flexibility index (Phi) is 7.63. The molecule has 1 aliphatic heterocycles. The summed E-state index contributed by atoms with van der Waals surface area (Å²) in [6, 6.07) is 21.2. The fourth-order valence-corrected chi connectivity index (χ4v) is 13.8. The van der Waals surface area contributed by atoms with E-state index in [2.05, 4.69) is 112 Å². The molecular formula is C36H48O3S2. The van der Waals surface area contributed by atoms with Crippen molar-refractivity contribution in [3.8, 4) is 0 Å². The molecule has 7 fully saturated rings. The van der Waals surface area contributed by atoms with E-state index in [0.29, 0.717) is 58.2 Å². The second kappa shape index (κ2) is 10.9. The van der Waals surface area contributed by atoms with Gasteiger partial charge in [0.05, 0.1) is 17.8 Å². The van der Waals surface area contributed by atoms with Gasteiger partial charge in [0.2, 0.25) is 0 Å². The van der Waals surface area contributed by atoms with E-state index in [1.807, 2.05) is 0 Å². The molecule has 0 unspecified atom stereocenters. The Labute approximate surface area is 255 Å². The third-order valence-corrected chi connectivity index (χ3v) is 16.2. The van der Waals surface area contributed by atoms with Gasteiger partial charge in [-0.3, -0.25) is 0 Å². The van der Waals surface area contributed by atoms with Crippen molar-refractivity contribution in [2.75, 3.05) is 20.0 Å². The number of hydrogen-bond donors (Lipinski definition) is 1. The van der Waals surface area contributed by atoms with Crippen LogP contribution in [0, 0.1) is 46.3 Å². The van der Waals surface area contributed by atoms with Crippen LogP contribution < -0.4 is 0 Å². The molecule has 3 nitrogen and oxygen atoms in total. The first kappa shape index (κ1) is 28.8. The van der Waals surface area contributed by atoms with E-state index in [9.17, 15) is 5.11 Å². The van der Waals surface area contributed by atoms with Crippen molar-refractivity contribution in [2.24, 2.45) is 46.3 Å². The monoisotopic (exact) mass is 592 g/mol. The zero-order valence-electron chi connectivity index (χ0n) is 25.2. The van der Waals surface area contributed by atoms with Crippen LogP contribution in [0.25, 0.3) is 0 Å².